The van der Waals surface area contributed by atoms with Gasteiger partial charge < -0.3 is 47.9 Å². The van der Waals surface area contributed by atoms with E-state index in [2.05, 4.69) is 5.32 Å². The van der Waals surface area contributed by atoms with Crippen LogP contribution in [-0.2, 0) is 37.9 Å². The van der Waals surface area contributed by atoms with Gasteiger partial charge in [0.2, 0.25) is 0 Å². The second kappa shape index (κ2) is 24.5. The Hall–Kier alpha value is -2.32. The van der Waals surface area contributed by atoms with Crippen molar-refractivity contribution >= 4 is 12.4 Å². The molecule has 230 valence electrons. The Morgan fingerprint density at radius 3 is 1.38 bits per heavy atom. The molecule has 1 aromatic carbocycles. The monoisotopic (exact) mass is 573 g/mol. The molecule has 1 amide bonds. The van der Waals surface area contributed by atoms with E-state index in [1.165, 1.54) is 0 Å². The number of aldehydes is 1. The Labute approximate surface area is 237 Å². The minimum atomic E-state index is -0.511. The first-order valence-corrected chi connectivity index (χ1v) is 13.6. The predicted octanol–water partition coefficient (Wildman–Crippen LogP) is 2.52. The second-order valence-corrected chi connectivity index (χ2v) is 9.25. The molecule has 0 radical (unpaired) electrons. The maximum absolute atomic E-state index is 11.5. The van der Waals surface area contributed by atoms with Gasteiger partial charge in [-0.25, -0.2) is 4.79 Å². The highest BCUT2D eigenvalue weighted by atomic mass is 16.6. The topological polar surface area (TPSA) is 129 Å². The molecule has 0 heterocycles. The van der Waals surface area contributed by atoms with Crippen molar-refractivity contribution in [2.45, 2.75) is 26.4 Å². The Morgan fingerprint density at radius 1 is 0.625 bits per heavy atom. The van der Waals surface area contributed by atoms with Crippen molar-refractivity contribution in [3.05, 3.63) is 29.8 Å². The van der Waals surface area contributed by atoms with Gasteiger partial charge in [-0.15, -0.1) is 0 Å². The number of ether oxygens (including phenoxy) is 9. The lowest BCUT2D eigenvalue weighted by molar-refractivity contribution is -0.0211. The Kier molecular flexibility index (Phi) is 21.8. The van der Waals surface area contributed by atoms with Gasteiger partial charge in [0, 0.05) is 12.1 Å². The first-order valence-electron chi connectivity index (χ1n) is 13.6. The summed E-state index contributed by atoms with van der Waals surface area (Å²) in [5.41, 5.74) is 0.104. The number of amides is 1. The van der Waals surface area contributed by atoms with Gasteiger partial charge in [-0.1, -0.05) is 0 Å². The molecule has 0 saturated carbocycles. The molecule has 0 spiro atoms. The summed E-state index contributed by atoms with van der Waals surface area (Å²) >= 11 is 0. The van der Waals surface area contributed by atoms with E-state index in [4.69, 9.17) is 42.6 Å². The molecule has 0 aliphatic rings. The lowest BCUT2D eigenvalue weighted by Crippen LogP contribution is -2.34. The van der Waals surface area contributed by atoms with Crippen LogP contribution in [0.1, 0.15) is 31.1 Å². The molecule has 0 fully saturated rings. The molecule has 1 N–H and O–H groups in total. The van der Waals surface area contributed by atoms with Crippen LogP contribution in [0, 0.1) is 0 Å². The highest BCUT2D eigenvalue weighted by molar-refractivity contribution is 5.74. The first-order chi connectivity index (χ1) is 19.4. The summed E-state index contributed by atoms with van der Waals surface area (Å²) in [7, 11) is 0. The van der Waals surface area contributed by atoms with Gasteiger partial charge in [0.25, 0.3) is 0 Å². The van der Waals surface area contributed by atoms with Crippen LogP contribution < -0.4 is 10.1 Å². The maximum atomic E-state index is 11.5. The van der Waals surface area contributed by atoms with E-state index in [1.54, 1.807) is 24.3 Å². The average Bonchev–Trinajstić information content (AvgIpc) is 2.92. The summed E-state index contributed by atoms with van der Waals surface area (Å²) in [5, 5.41) is 2.62. The molecule has 0 bridgehead atoms. The summed E-state index contributed by atoms with van der Waals surface area (Å²) in [6.07, 6.45) is 0.341. The lowest BCUT2D eigenvalue weighted by Gasteiger charge is -2.19. The van der Waals surface area contributed by atoms with Gasteiger partial charge in [0.1, 0.15) is 24.2 Å². The molecule has 0 aliphatic carbocycles. The zero-order valence-corrected chi connectivity index (χ0v) is 24.2. The van der Waals surface area contributed by atoms with Crippen LogP contribution in [0.3, 0.4) is 0 Å². The van der Waals surface area contributed by atoms with Crippen molar-refractivity contribution < 1.29 is 52.2 Å². The first kappa shape index (κ1) is 35.7. The molecule has 0 unspecified atom stereocenters. The number of alkyl carbamates (subject to hydrolysis) is 1. The molecule has 0 atom stereocenters. The van der Waals surface area contributed by atoms with Gasteiger partial charge in [-0.2, -0.15) is 0 Å². The third-order valence-electron chi connectivity index (χ3n) is 4.66. The number of hydrogen-bond acceptors (Lipinski definition) is 11. The third kappa shape index (κ3) is 23.6. The third-order valence-corrected chi connectivity index (χ3v) is 4.66. The van der Waals surface area contributed by atoms with E-state index < -0.39 is 11.7 Å². The van der Waals surface area contributed by atoms with Crippen LogP contribution in [0.15, 0.2) is 24.3 Å². The summed E-state index contributed by atoms with van der Waals surface area (Å²) in [6.45, 7) is 12.8. The lowest BCUT2D eigenvalue weighted by atomic mass is 10.2. The van der Waals surface area contributed by atoms with Crippen molar-refractivity contribution in [3.8, 4) is 5.75 Å². The molecule has 1 rings (SSSR count). The Bertz CT molecular complexity index is 741. The van der Waals surface area contributed by atoms with E-state index in [9.17, 15) is 9.59 Å². The van der Waals surface area contributed by atoms with E-state index in [0.717, 1.165) is 6.29 Å². The van der Waals surface area contributed by atoms with Crippen molar-refractivity contribution in [2.24, 2.45) is 0 Å². The van der Waals surface area contributed by atoms with Crippen molar-refractivity contribution in [1.29, 1.82) is 0 Å². The maximum Gasteiger partial charge on any atom is 0.407 e. The summed E-state index contributed by atoms with van der Waals surface area (Å²) in [5.74, 6) is 0.701. The zero-order chi connectivity index (χ0) is 29.2. The molecular weight excluding hydrogens is 526 g/mol. The molecular formula is C28H47NO11. The summed E-state index contributed by atoms with van der Waals surface area (Å²) in [6, 6.07) is 6.92. The summed E-state index contributed by atoms with van der Waals surface area (Å²) < 4.78 is 48.7. The highest BCUT2D eigenvalue weighted by Gasteiger charge is 2.15. The van der Waals surface area contributed by atoms with Crippen molar-refractivity contribution in [1.82, 2.24) is 5.32 Å². The van der Waals surface area contributed by atoms with E-state index in [1.807, 2.05) is 20.8 Å². The molecule has 40 heavy (non-hydrogen) atoms. The SMILES string of the molecule is CC(C)(C)OC(=O)NCCOCCOCCOCCOCCOCCOCCOCCOc1ccc(C=O)cc1. The van der Waals surface area contributed by atoms with Gasteiger partial charge in [-0.3, -0.25) is 4.79 Å². The molecule has 1 aromatic rings. The molecule has 0 aromatic heterocycles. The fourth-order valence-electron chi connectivity index (χ4n) is 2.82. The Morgan fingerprint density at radius 2 is 1.00 bits per heavy atom. The molecule has 0 saturated heterocycles. The minimum absolute atomic E-state index is 0.382. The molecule has 12 heteroatoms. The molecule has 0 aliphatic heterocycles. The summed E-state index contributed by atoms with van der Waals surface area (Å²) in [4.78, 5) is 22.1. The smallest absolute Gasteiger partial charge is 0.407 e. The Balaban J connectivity index is 1.69. The van der Waals surface area contributed by atoms with Crippen molar-refractivity contribution in [3.63, 3.8) is 0 Å². The number of carbonyl (C=O) groups excluding carboxylic acids is 2. The normalized spacial score (nSPS) is 11.4. The number of rotatable bonds is 26. The van der Waals surface area contributed by atoms with Crippen LogP contribution in [0.5, 0.6) is 5.75 Å². The fraction of sp³-hybridized carbons (Fsp3) is 0.714. The van der Waals surface area contributed by atoms with Gasteiger partial charge in [0.05, 0.1) is 92.5 Å². The fourth-order valence-corrected chi connectivity index (χ4v) is 2.82. The largest absolute Gasteiger partial charge is 0.491 e. The van der Waals surface area contributed by atoms with Gasteiger partial charge in [0.15, 0.2) is 0 Å². The predicted molar refractivity (Wildman–Crippen MR) is 147 cm³/mol. The minimum Gasteiger partial charge on any atom is -0.491 e. The van der Waals surface area contributed by atoms with Crippen LogP contribution in [-0.4, -0.2) is 124 Å². The van der Waals surface area contributed by atoms with Crippen LogP contribution in [0.25, 0.3) is 0 Å². The standard InChI is InChI=1S/C28H47NO11/c1-28(2,3)40-27(31)29-8-9-32-10-11-33-12-13-34-14-15-35-16-17-36-18-19-37-20-21-38-22-23-39-26-6-4-25(24-30)5-7-26/h4-7,24H,8-23H2,1-3H3,(H,29,31). The van der Waals surface area contributed by atoms with Crippen LogP contribution >= 0.6 is 0 Å². The van der Waals surface area contributed by atoms with Crippen LogP contribution in [0.4, 0.5) is 4.79 Å². The zero-order valence-electron chi connectivity index (χ0n) is 24.2. The highest BCUT2D eigenvalue weighted by Crippen LogP contribution is 2.10. The van der Waals surface area contributed by atoms with E-state index in [-0.39, 0.29) is 0 Å². The van der Waals surface area contributed by atoms with Gasteiger partial charge >= 0.3 is 6.09 Å². The van der Waals surface area contributed by atoms with Crippen molar-refractivity contribution in [2.75, 3.05) is 106 Å². The number of hydrogen-bond donors (Lipinski definition) is 1. The quantitative estimate of drug-likeness (QED) is 0.130. The average molecular weight is 574 g/mol. The number of carbonyl (C=O) groups is 2. The molecule has 12 nitrogen and oxygen atoms in total. The van der Waals surface area contributed by atoms with E-state index >= 15 is 0 Å². The number of nitrogens with one attached hydrogen (secondary N) is 1. The van der Waals surface area contributed by atoms with Crippen LogP contribution in [0.2, 0.25) is 0 Å². The second-order valence-electron chi connectivity index (χ2n) is 9.25. The van der Waals surface area contributed by atoms with Gasteiger partial charge in [-0.05, 0) is 45.0 Å². The van der Waals surface area contributed by atoms with E-state index in [0.29, 0.717) is 117 Å². The number of benzene rings is 1.